The molecule has 4 nitrogen and oxygen atoms in total. The monoisotopic (exact) mass is 518 g/mol. The highest BCUT2D eigenvalue weighted by molar-refractivity contribution is 6.99. The Kier molecular flexibility index (Phi) is 10.4. The van der Waals surface area contributed by atoms with Crippen LogP contribution in [0.3, 0.4) is 0 Å². The lowest BCUT2D eigenvalue weighted by Gasteiger charge is -2.46. The molecule has 37 heavy (non-hydrogen) atoms. The number of benzene rings is 3. The van der Waals surface area contributed by atoms with Crippen LogP contribution in [0, 0.1) is 0 Å². The molecule has 0 aliphatic heterocycles. The van der Waals surface area contributed by atoms with Gasteiger partial charge in [0.2, 0.25) is 6.29 Å². The van der Waals surface area contributed by atoms with Gasteiger partial charge in [-0.3, -0.25) is 4.79 Å². The number of Topliss-reactive ketones (excluding diaryl/α,β-unsaturated/α-hetero) is 1. The van der Waals surface area contributed by atoms with Crippen LogP contribution in [0.25, 0.3) is 0 Å². The summed E-state index contributed by atoms with van der Waals surface area (Å²) in [5.74, 6) is -0.214. The Balaban J connectivity index is 2.08. The number of ether oxygens (including phenoxy) is 2. The van der Waals surface area contributed by atoms with Gasteiger partial charge >= 0.3 is 0 Å². The molecule has 0 radical (unpaired) electrons. The molecule has 0 heterocycles. The first-order valence-electron chi connectivity index (χ1n) is 13.3. The van der Waals surface area contributed by atoms with Crippen LogP contribution in [0.2, 0.25) is 5.04 Å². The van der Waals surface area contributed by atoms with Gasteiger partial charge in [0, 0.05) is 25.6 Å². The van der Waals surface area contributed by atoms with Crippen molar-refractivity contribution in [3.8, 4) is 0 Å². The Morgan fingerprint density at radius 1 is 0.757 bits per heavy atom. The molecule has 0 amide bonds. The molecule has 0 unspecified atom stereocenters. The number of ketones is 1. The molecular weight excluding hydrogens is 476 g/mol. The fraction of sp³-hybridized carbons (Fsp3) is 0.406. The second-order valence-electron chi connectivity index (χ2n) is 10.4. The zero-order chi connectivity index (χ0) is 26.9. The summed E-state index contributed by atoms with van der Waals surface area (Å²) in [6, 6.07) is 31.4. The average molecular weight is 519 g/mol. The van der Waals surface area contributed by atoms with Gasteiger partial charge in [-0.05, 0) is 41.7 Å². The summed E-state index contributed by atoms with van der Waals surface area (Å²) in [7, 11) is -2.79. The van der Waals surface area contributed by atoms with E-state index >= 15 is 0 Å². The molecule has 0 saturated heterocycles. The Labute approximate surface area is 224 Å². The van der Waals surface area contributed by atoms with Gasteiger partial charge in [0.1, 0.15) is 0 Å². The molecule has 0 bridgehead atoms. The second-order valence-corrected chi connectivity index (χ2v) is 14.7. The molecular formula is C32H42O4Si. The van der Waals surface area contributed by atoms with E-state index in [2.05, 4.69) is 88.4 Å². The van der Waals surface area contributed by atoms with Crippen molar-refractivity contribution in [3.05, 3.63) is 96.6 Å². The molecule has 0 aliphatic carbocycles. The summed E-state index contributed by atoms with van der Waals surface area (Å²) < 4.78 is 18.7. The summed E-state index contributed by atoms with van der Waals surface area (Å²) in [4.78, 5) is 13.4. The zero-order valence-electron chi connectivity index (χ0n) is 23.1. The van der Waals surface area contributed by atoms with E-state index in [-0.39, 0.29) is 29.3 Å². The van der Waals surface area contributed by atoms with Crippen LogP contribution >= 0.6 is 0 Å². The van der Waals surface area contributed by atoms with E-state index in [9.17, 15) is 4.79 Å². The van der Waals surface area contributed by atoms with E-state index in [1.807, 2.05) is 44.2 Å². The van der Waals surface area contributed by atoms with Crippen LogP contribution in [0.5, 0.6) is 0 Å². The highest BCUT2D eigenvalue weighted by atomic mass is 28.4. The van der Waals surface area contributed by atoms with Gasteiger partial charge in [-0.25, -0.2) is 0 Å². The fourth-order valence-electron chi connectivity index (χ4n) is 5.16. The van der Waals surface area contributed by atoms with Gasteiger partial charge in [-0.15, -0.1) is 0 Å². The van der Waals surface area contributed by atoms with Gasteiger partial charge < -0.3 is 13.9 Å². The molecule has 0 saturated carbocycles. The van der Waals surface area contributed by atoms with Crippen molar-refractivity contribution >= 4 is 24.5 Å². The van der Waals surface area contributed by atoms with Gasteiger partial charge in [0.15, 0.2) is 5.78 Å². The molecule has 3 aromatic rings. The Bertz CT molecular complexity index is 1030. The van der Waals surface area contributed by atoms with Crippen molar-refractivity contribution < 1.29 is 18.7 Å². The number of hydrogen-bond donors (Lipinski definition) is 0. The summed E-state index contributed by atoms with van der Waals surface area (Å²) in [6.45, 7) is 13.5. The van der Waals surface area contributed by atoms with Gasteiger partial charge in [0.25, 0.3) is 8.32 Å². The van der Waals surface area contributed by atoms with E-state index in [1.165, 1.54) is 10.4 Å². The van der Waals surface area contributed by atoms with Crippen LogP contribution < -0.4 is 10.4 Å². The van der Waals surface area contributed by atoms with Crippen LogP contribution in [-0.2, 0) is 18.7 Å². The van der Waals surface area contributed by atoms with E-state index in [0.29, 0.717) is 13.2 Å². The second kappa shape index (κ2) is 13.3. The van der Waals surface area contributed by atoms with Crippen molar-refractivity contribution in [2.75, 3.05) is 13.2 Å². The summed E-state index contributed by atoms with van der Waals surface area (Å²) in [5, 5.41) is 2.29. The molecule has 3 aromatic carbocycles. The molecule has 0 aliphatic rings. The van der Waals surface area contributed by atoms with Crippen molar-refractivity contribution in [3.63, 3.8) is 0 Å². The van der Waals surface area contributed by atoms with Crippen molar-refractivity contribution in [2.24, 2.45) is 0 Å². The minimum absolute atomic E-state index is 0.0598. The Morgan fingerprint density at radius 3 is 1.59 bits per heavy atom. The van der Waals surface area contributed by atoms with Crippen molar-refractivity contribution in [1.82, 2.24) is 0 Å². The fourth-order valence-corrected chi connectivity index (χ4v) is 9.89. The molecule has 3 rings (SSSR count). The number of carbonyl (C=O) groups excluding carboxylic acids is 1. The van der Waals surface area contributed by atoms with Gasteiger partial charge in [-0.2, -0.15) is 0 Å². The summed E-state index contributed by atoms with van der Waals surface area (Å²) in [6.07, 6.45) is -0.823. The number of carbonyl (C=O) groups is 1. The van der Waals surface area contributed by atoms with E-state index in [1.54, 1.807) is 0 Å². The van der Waals surface area contributed by atoms with Crippen LogP contribution in [0.15, 0.2) is 91.0 Å². The molecule has 198 valence electrons. The van der Waals surface area contributed by atoms with Crippen LogP contribution in [0.4, 0.5) is 0 Å². The topological polar surface area (TPSA) is 44.8 Å². The third-order valence-corrected chi connectivity index (χ3v) is 12.0. The lowest BCUT2D eigenvalue weighted by atomic mass is 9.89. The maximum Gasteiger partial charge on any atom is 0.261 e. The molecule has 2 atom stereocenters. The predicted octanol–water partition coefficient (Wildman–Crippen LogP) is 6.09. The first kappa shape index (κ1) is 29.0. The number of hydrogen-bond acceptors (Lipinski definition) is 4. The van der Waals surface area contributed by atoms with Gasteiger partial charge in [0.05, 0.1) is 6.10 Å². The minimum atomic E-state index is -2.79. The maximum absolute atomic E-state index is 13.4. The lowest BCUT2D eigenvalue weighted by molar-refractivity contribution is -0.168. The SMILES string of the molecule is CCOC(OCC)C(=O)C[C@@H](c1ccccc1)[C@H](C)O[Si](c1ccccc1)(c1ccccc1)C(C)(C)C. The first-order valence-corrected chi connectivity index (χ1v) is 15.2. The van der Waals surface area contributed by atoms with Crippen molar-refractivity contribution in [1.29, 1.82) is 0 Å². The van der Waals surface area contributed by atoms with E-state index in [4.69, 9.17) is 13.9 Å². The van der Waals surface area contributed by atoms with Crippen molar-refractivity contribution in [2.45, 2.75) is 71.3 Å². The molecule has 0 spiro atoms. The van der Waals surface area contributed by atoms with E-state index < -0.39 is 14.6 Å². The summed E-state index contributed by atoms with van der Waals surface area (Å²) >= 11 is 0. The molecule has 0 aromatic heterocycles. The quantitative estimate of drug-likeness (QED) is 0.203. The van der Waals surface area contributed by atoms with Crippen LogP contribution in [-0.4, -0.2) is 39.7 Å². The normalized spacial score (nSPS) is 13.9. The largest absolute Gasteiger partial charge is 0.404 e. The lowest BCUT2D eigenvalue weighted by Crippen LogP contribution is -2.67. The highest BCUT2D eigenvalue weighted by Gasteiger charge is 2.51. The minimum Gasteiger partial charge on any atom is -0.404 e. The third kappa shape index (κ3) is 6.85. The molecule has 0 fully saturated rings. The Hall–Kier alpha value is -2.57. The smallest absolute Gasteiger partial charge is 0.261 e. The predicted molar refractivity (Wildman–Crippen MR) is 154 cm³/mol. The maximum atomic E-state index is 13.4. The van der Waals surface area contributed by atoms with E-state index in [0.717, 1.165) is 5.56 Å². The standard InChI is InChI=1S/C32H42O4Si/c1-7-34-31(35-8-2)30(33)24-29(26-18-12-9-13-19-26)25(3)36-37(32(4,5)6,27-20-14-10-15-21-27)28-22-16-11-17-23-28/h9-23,25,29,31H,7-8,24H2,1-6H3/t25-,29+/m0/s1. The third-order valence-electron chi connectivity index (χ3n) is 6.89. The zero-order valence-corrected chi connectivity index (χ0v) is 24.1. The molecule has 5 heteroatoms. The molecule has 0 N–H and O–H groups in total. The average Bonchev–Trinajstić information content (AvgIpc) is 2.90. The first-order chi connectivity index (χ1) is 17.7. The van der Waals surface area contributed by atoms with Crippen LogP contribution in [0.1, 0.15) is 59.4 Å². The highest BCUT2D eigenvalue weighted by Crippen LogP contribution is 2.40. The number of rotatable bonds is 13. The summed E-state index contributed by atoms with van der Waals surface area (Å²) in [5.41, 5.74) is 1.08. The van der Waals surface area contributed by atoms with Gasteiger partial charge in [-0.1, -0.05) is 112 Å². The Morgan fingerprint density at radius 2 is 1.19 bits per heavy atom.